The summed E-state index contributed by atoms with van der Waals surface area (Å²) in [5, 5.41) is 3.70. The third-order valence-electron chi connectivity index (χ3n) is 4.78. The van der Waals surface area contributed by atoms with Crippen LogP contribution in [0.15, 0.2) is 48.5 Å². The molecule has 0 aromatic heterocycles. The van der Waals surface area contributed by atoms with Crippen molar-refractivity contribution in [1.82, 2.24) is 5.32 Å². The van der Waals surface area contributed by atoms with Crippen LogP contribution in [0.3, 0.4) is 0 Å². The van der Waals surface area contributed by atoms with Gasteiger partial charge in [-0.2, -0.15) is 0 Å². The number of aryl methyl sites for hydroxylation is 1. The van der Waals surface area contributed by atoms with Gasteiger partial charge in [-0.05, 0) is 36.1 Å². The molecule has 1 aliphatic rings. The molecule has 0 heterocycles. The molecule has 0 bridgehead atoms. The summed E-state index contributed by atoms with van der Waals surface area (Å²) in [6.07, 6.45) is 3.49. The molecule has 24 heavy (non-hydrogen) atoms. The largest absolute Gasteiger partial charge is 0.347 e. The number of hydrogen-bond acceptors (Lipinski definition) is 1. The number of amides is 1. The standard InChI is InChI=1S/C20H23ClN2O/c1-23(19-11-5-8-16-7-2-3-10-18(16)19)14-20(24)22-13-15-6-4-9-17(21)12-15/h2-4,6-7,9-10,12,19H,5,8,11,13-14H2,1H3,(H,22,24)/p+1/t19-/m1/s1. The van der Waals surface area contributed by atoms with E-state index in [1.54, 1.807) is 0 Å². The SMILES string of the molecule is C[NH+](CC(=O)NCc1cccc(Cl)c1)[C@@H]1CCCc2ccccc21. The molecule has 0 spiro atoms. The molecule has 1 aliphatic carbocycles. The number of benzene rings is 2. The first-order valence-corrected chi connectivity index (χ1v) is 8.92. The number of carbonyl (C=O) groups excluding carboxylic acids is 1. The van der Waals surface area contributed by atoms with Crippen LogP contribution in [0.2, 0.25) is 5.02 Å². The van der Waals surface area contributed by atoms with Gasteiger partial charge >= 0.3 is 0 Å². The van der Waals surface area contributed by atoms with Gasteiger partial charge in [-0.15, -0.1) is 0 Å². The summed E-state index contributed by atoms with van der Waals surface area (Å²) in [6, 6.07) is 16.6. The molecule has 3 nitrogen and oxygen atoms in total. The smallest absolute Gasteiger partial charge is 0.275 e. The summed E-state index contributed by atoms with van der Waals surface area (Å²) in [5.41, 5.74) is 3.87. The molecule has 1 unspecified atom stereocenters. The van der Waals surface area contributed by atoms with Crippen molar-refractivity contribution in [3.8, 4) is 0 Å². The first kappa shape index (κ1) is 17.0. The number of rotatable bonds is 5. The maximum absolute atomic E-state index is 12.3. The van der Waals surface area contributed by atoms with Gasteiger partial charge in [0.05, 0.1) is 7.05 Å². The van der Waals surface area contributed by atoms with Gasteiger partial charge in [0, 0.05) is 23.6 Å². The van der Waals surface area contributed by atoms with Gasteiger partial charge in [0.25, 0.3) is 5.91 Å². The Kier molecular flexibility index (Phi) is 5.54. The lowest BCUT2D eigenvalue weighted by Crippen LogP contribution is -3.10. The molecule has 2 aromatic rings. The Bertz CT molecular complexity index is 716. The quantitative estimate of drug-likeness (QED) is 0.859. The second-order valence-electron chi connectivity index (χ2n) is 6.57. The number of quaternary nitrogens is 1. The lowest BCUT2D eigenvalue weighted by atomic mass is 9.87. The van der Waals surface area contributed by atoms with Gasteiger partial charge in [0.2, 0.25) is 0 Å². The first-order chi connectivity index (χ1) is 11.6. The minimum atomic E-state index is 0.0792. The maximum atomic E-state index is 12.3. The summed E-state index contributed by atoms with van der Waals surface area (Å²) in [4.78, 5) is 13.6. The minimum Gasteiger partial charge on any atom is -0.347 e. The summed E-state index contributed by atoms with van der Waals surface area (Å²) in [5.74, 6) is 0.0792. The Morgan fingerprint density at radius 1 is 1.25 bits per heavy atom. The summed E-state index contributed by atoms with van der Waals surface area (Å²) >= 11 is 5.98. The molecule has 0 radical (unpaired) electrons. The topological polar surface area (TPSA) is 33.5 Å². The summed E-state index contributed by atoms with van der Waals surface area (Å²) in [7, 11) is 2.12. The summed E-state index contributed by atoms with van der Waals surface area (Å²) < 4.78 is 0. The predicted molar refractivity (Wildman–Crippen MR) is 97.2 cm³/mol. The highest BCUT2D eigenvalue weighted by atomic mass is 35.5. The Balaban J connectivity index is 1.57. The molecular weight excluding hydrogens is 320 g/mol. The molecule has 0 fully saturated rings. The van der Waals surface area contributed by atoms with E-state index in [1.807, 2.05) is 24.3 Å². The zero-order chi connectivity index (χ0) is 16.9. The number of hydrogen-bond donors (Lipinski definition) is 2. The van der Waals surface area contributed by atoms with Gasteiger partial charge in [-0.25, -0.2) is 0 Å². The molecule has 3 rings (SSSR count). The molecule has 2 aromatic carbocycles. The van der Waals surface area contributed by atoms with Crippen molar-refractivity contribution in [2.75, 3.05) is 13.6 Å². The van der Waals surface area contributed by atoms with Crippen LogP contribution in [0.4, 0.5) is 0 Å². The number of halogens is 1. The third kappa shape index (κ3) is 4.16. The maximum Gasteiger partial charge on any atom is 0.275 e. The van der Waals surface area contributed by atoms with E-state index >= 15 is 0 Å². The normalized spacial score (nSPS) is 17.8. The van der Waals surface area contributed by atoms with Crippen LogP contribution < -0.4 is 10.2 Å². The van der Waals surface area contributed by atoms with E-state index in [9.17, 15) is 4.79 Å². The second kappa shape index (κ2) is 7.82. The van der Waals surface area contributed by atoms with Crippen LogP contribution in [0.1, 0.15) is 35.6 Å². The molecule has 2 N–H and O–H groups in total. The van der Waals surface area contributed by atoms with E-state index < -0.39 is 0 Å². The highest BCUT2D eigenvalue weighted by Crippen LogP contribution is 2.27. The zero-order valence-corrected chi connectivity index (χ0v) is 14.8. The second-order valence-corrected chi connectivity index (χ2v) is 7.01. The Morgan fingerprint density at radius 3 is 2.92 bits per heavy atom. The molecule has 2 atom stereocenters. The average molecular weight is 344 g/mol. The molecule has 1 amide bonds. The van der Waals surface area contributed by atoms with Gasteiger partial charge in [-0.3, -0.25) is 4.79 Å². The Hall–Kier alpha value is -1.84. The van der Waals surface area contributed by atoms with E-state index in [0.717, 1.165) is 18.4 Å². The fraction of sp³-hybridized carbons (Fsp3) is 0.350. The third-order valence-corrected chi connectivity index (χ3v) is 5.02. The molecule has 126 valence electrons. The van der Waals surface area contributed by atoms with E-state index in [-0.39, 0.29) is 5.91 Å². The zero-order valence-electron chi connectivity index (χ0n) is 14.0. The number of nitrogens with one attached hydrogen (secondary N) is 2. The van der Waals surface area contributed by atoms with Gasteiger partial charge < -0.3 is 10.2 Å². The van der Waals surface area contributed by atoms with E-state index in [4.69, 9.17) is 11.6 Å². The Morgan fingerprint density at radius 2 is 2.08 bits per heavy atom. The fourth-order valence-corrected chi connectivity index (χ4v) is 3.77. The highest BCUT2D eigenvalue weighted by molar-refractivity contribution is 6.30. The van der Waals surface area contributed by atoms with E-state index in [1.165, 1.54) is 22.4 Å². The molecule has 0 aliphatic heterocycles. The minimum absolute atomic E-state index is 0.0792. The predicted octanol–water partition coefficient (Wildman–Crippen LogP) is 2.55. The van der Waals surface area contributed by atoms with Crippen molar-refractivity contribution in [1.29, 1.82) is 0 Å². The molecular formula is C20H24ClN2O+. The number of carbonyl (C=O) groups is 1. The molecule has 0 saturated heterocycles. The van der Waals surface area contributed by atoms with Crippen LogP contribution in [-0.4, -0.2) is 19.5 Å². The Labute approximate surface area is 148 Å². The lowest BCUT2D eigenvalue weighted by molar-refractivity contribution is -0.905. The van der Waals surface area contributed by atoms with E-state index in [0.29, 0.717) is 24.2 Å². The van der Waals surface area contributed by atoms with Crippen LogP contribution in [0.5, 0.6) is 0 Å². The van der Waals surface area contributed by atoms with Gasteiger partial charge in [0.1, 0.15) is 6.04 Å². The van der Waals surface area contributed by atoms with Crippen molar-refractivity contribution in [2.24, 2.45) is 0 Å². The number of likely N-dealkylation sites (N-methyl/N-ethyl adjacent to an activating group) is 1. The molecule has 0 saturated carbocycles. The summed E-state index contributed by atoms with van der Waals surface area (Å²) in [6.45, 7) is 1.01. The van der Waals surface area contributed by atoms with E-state index in [2.05, 4.69) is 36.6 Å². The van der Waals surface area contributed by atoms with Crippen molar-refractivity contribution >= 4 is 17.5 Å². The van der Waals surface area contributed by atoms with Crippen LogP contribution in [0.25, 0.3) is 0 Å². The first-order valence-electron chi connectivity index (χ1n) is 8.55. The van der Waals surface area contributed by atoms with Crippen molar-refractivity contribution in [3.05, 3.63) is 70.2 Å². The average Bonchev–Trinajstić information content (AvgIpc) is 2.59. The van der Waals surface area contributed by atoms with Gasteiger partial charge in [0.15, 0.2) is 6.54 Å². The van der Waals surface area contributed by atoms with Crippen LogP contribution in [-0.2, 0) is 17.8 Å². The van der Waals surface area contributed by atoms with Gasteiger partial charge in [-0.1, -0.05) is 48.0 Å². The molecule has 4 heteroatoms. The van der Waals surface area contributed by atoms with Crippen molar-refractivity contribution in [3.63, 3.8) is 0 Å². The van der Waals surface area contributed by atoms with Crippen molar-refractivity contribution < 1.29 is 9.69 Å². The lowest BCUT2D eigenvalue weighted by Gasteiger charge is -2.30. The fourth-order valence-electron chi connectivity index (χ4n) is 3.55. The van der Waals surface area contributed by atoms with Crippen LogP contribution >= 0.6 is 11.6 Å². The van der Waals surface area contributed by atoms with Crippen LogP contribution in [0, 0.1) is 0 Å². The highest BCUT2D eigenvalue weighted by Gasteiger charge is 2.27. The number of fused-ring (bicyclic) bond motifs is 1. The monoisotopic (exact) mass is 343 g/mol. The van der Waals surface area contributed by atoms with Crippen molar-refractivity contribution in [2.45, 2.75) is 31.8 Å².